The van der Waals surface area contributed by atoms with E-state index < -0.39 is 5.54 Å². The van der Waals surface area contributed by atoms with Crippen LogP contribution in [-0.2, 0) is 32.7 Å². The molecule has 0 radical (unpaired) electrons. The van der Waals surface area contributed by atoms with Crippen molar-refractivity contribution in [3.05, 3.63) is 69.2 Å². The Morgan fingerprint density at radius 1 is 1.04 bits per heavy atom. The van der Waals surface area contributed by atoms with Gasteiger partial charge >= 0.3 is 0 Å². The van der Waals surface area contributed by atoms with E-state index in [1.54, 1.807) is 4.90 Å². The van der Waals surface area contributed by atoms with Crippen molar-refractivity contribution in [2.24, 2.45) is 0 Å². The van der Waals surface area contributed by atoms with Crippen LogP contribution in [0.3, 0.4) is 0 Å². The maximum atomic E-state index is 14.1. The van der Waals surface area contributed by atoms with Crippen LogP contribution < -0.4 is 5.32 Å². The first-order chi connectivity index (χ1) is 22.1. The lowest BCUT2D eigenvalue weighted by Crippen LogP contribution is -2.65. The molecular formula is C37H49N5O4S. The summed E-state index contributed by atoms with van der Waals surface area (Å²) in [5.41, 5.74) is 4.27. The summed E-state index contributed by atoms with van der Waals surface area (Å²) in [5.74, 6) is -0.459. The number of amides is 3. The number of carbonyl (C=O) groups excluding carboxylic acids is 3. The number of anilines is 1. The summed E-state index contributed by atoms with van der Waals surface area (Å²) in [6, 6.07) is 12.1. The summed E-state index contributed by atoms with van der Waals surface area (Å²) < 4.78 is 5.45. The molecule has 5 rings (SSSR count). The molecule has 0 unspecified atom stereocenters. The zero-order valence-corrected chi connectivity index (χ0v) is 29.9. The predicted octanol–water partition coefficient (Wildman–Crippen LogP) is 5.90. The number of piperazine rings is 1. The van der Waals surface area contributed by atoms with E-state index in [0.29, 0.717) is 29.2 Å². The molecule has 3 aromatic rings. The molecule has 1 aromatic carbocycles. The highest BCUT2D eigenvalue weighted by Gasteiger charge is 2.46. The number of hydrogen-bond donors (Lipinski definition) is 1. The minimum absolute atomic E-state index is 0.0506. The van der Waals surface area contributed by atoms with E-state index in [4.69, 9.17) is 9.72 Å². The summed E-state index contributed by atoms with van der Waals surface area (Å²) in [6.45, 7) is 21.0. The average Bonchev–Trinajstić information content (AvgIpc) is 3.44. The number of aryl methyl sites for hydroxylation is 1. The lowest BCUT2D eigenvalue weighted by Gasteiger charge is -2.47. The third kappa shape index (κ3) is 7.77. The van der Waals surface area contributed by atoms with Crippen LogP contribution in [0, 0.1) is 6.92 Å². The van der Waals surface area contributed by atoms with E-state index in [2.05, 4.69) is 43.1 Å². The summed E-state index contributed by atoms with van der Waals surface area (Å²) in [4.78, 5) is 53.2. The van der Waals surface area contributed by atoms with Gasteiger partial charge in [0.15, 0.2) is 0 Å². The van der Waals surface area contributed by atoms with Crippen molar-refractivity contribution in [1.82, 2.24) is 19.7 Å². The van der Waals surface area contributed by atoms with Crippen molar-refractivity contribution in [2.75, 3.05) is 44.7 Å². The second-order valence-corrected chi connectivity index (χ2v) is 15.6. The maximum absolute atomic E-state index is 14.1. The van der Waals surface area contributed by atoms with Gasteiger partial charge in [-0.1, -0.05) is 32.9 Å². The van der Waals surface area contributed by atoms with Gasteiger partial charge in [-0.05, 0) is 81.0 Å². The van der Waals surface area contributed by atoms with Crippen LogP contribution in [-0.4, -0.2) is 88.4 Å². The van der Waals surface area contributed by atoms with E-state index in [-0.39, 0.29) is 35.6 Å². The van der Waals surface area contributed by atoms with Crippen molar-refractivity contribution in [2.45, 2.75) is 85.4 Å². The van der Waals surface area contributed by atoms with E-state index in [9.17, 15) is 14.4 Å². The molecule has 2 saturated heterocycles. The van der Waals surface area contributed by atoms with Crippen molar-refractivity contribution < 1.29 is 19.1 Å². The number of hydrogen-bond acceptors (Lipinski definition) is 7. The van der Waals surface area contributed by atoms with Crippen LogP contribution in [0.4, 0.5) is 5.69 Å². The molecule has 47 heavy (non-hydrogen) atoms. The fraction of sp³-hybridized carbons (Fsp3) is 0.514. The number of nitrogens with zero attached hydrogens (tertiary/aromatic N) is 4. The average molecular weight is 660 g/mol. The van der Waals surface area contributed by atoms with Crippen LogP contribution in [0.5, 0.6) is 0 Å². The topological polar surface area (TPSA) is 95.1 Å². The van der Waals surface area contributed by atoms with Gasteiger partial charge in [0.25, 0.3) is 5.91 Å². The van der Waals surface area contributed by atoms with Crippen LogP contribution in [0.1, 0.15) is 79.8 Å². The number of rotatable bonds is 8. The van der Waals surface area contributed by atoms with Gasteiger partial charge in [-0.15, -0.1) is 11.3 Å². The summed E-state index contributed by atoms with van der Waals surface area (Å²) >= 11 is 1.43. The van der Waals surface area contributed by atoms with E-state index in [1.807, 2.05) is 70.0 Å². The Balaban J connectivity index is 1.33. The fourth-order valence-electron chi connectivity index (χ4n) is 6.19. The van der Waals surface area contributed by atoms with Gasteiger partial charge in [-0.2, -0.15) is 0 Å². The summed E-state index contributed by atoms with van der Waals surface area (Å²) in [7, 11) is 0. The molecule has 0 aliphatic carbocycles. The zero-order valence-electron chi connectivity index (χ0n) is 29.1. The standard InChI is InChI=1S/C37H49N5O4S/c1-24(2)41-13-14-42(37(7,8)35(41)45)34(44)33-27(19-31(47-33)36(4,5)6)20-32(43)39-28-11-9-25(3)30(21-28)26-10-12-29(38-22-26)23-40-15-17-46-18-16-40/h9-12,19,21-22,24H,13-18,20,23H2,1-8H3,(H,39,43). The van der Waals surface area contributed by atoms with Gasteiger partial charge in [0, 0.05) is 61.1 Å². The van der Waals surface area contributed by atoms with Gasteiger partial charge in [0.05, 0.1) is 30.2 Å². The first kappa shape index (κ1) is 34.7. The molecule has 9 nitrogen and oxygen atoms in total. The Labute approximate surface area is 283 Å². The van der Waals surface area contributed by atoms with Crippen molar-refractivity contribution >= 4 is 34.7 Å². The predicted molar refractivity (Wildman–Crippen MR) is 188 cm³/mol. The number of benzene rings is 1. The highest BCUT2D eigenvalue weighted by atomic mass is 32.1. The molecule has 0 saturated carbocycles. The number of aromatic nitrogens is 1. The van der Waals surface area contributed by atoms with Crippen molar-refractivity contribution in [1.29, 1.82) is 0 Å². The normalized spacial score (nSPS) is 17.3. The van der Waals surface area contributed by atoms with Gasteiger partial charge in [0.2, 0.25) is 11.8 Å². The summed E-state index contributed by atoms with van der Waals surface area (Å²) in [5, 5.41) is 3.07. The van der Waals surface area contributed by atoms with Crippen LogP contribution in [0.25, 0.3) is 11.1 Å². The fourth-order valence-corrected chi connectivity index (χ4v) is 7.38. The highest BCUT2D eigenvalue weighted by Crippen LogP contribution is 2.36. The minimum Gasteiger partial charge on any atom is -0.379 e. The van der Waals surface area contributed by atoms with Crippen LogP contribution in [0.2, 0.25) is 0 Å². The number of ether oxygens (including phenoxy) is 1. The zero-order chi connectivity index (χ0) is 34.1. The first-order valence-electron chi connectivity index (χ1n) is 16.6. The van der Waals surface area contributed by atoms with Crippen molar-refractivity contribution in [3.8, 4) is 11.1 Å². The second kappa shape index (κ2) is 13.9. The monoisotopic (exact) mass is 659 g/mol. The van der Waals surface area contributed by atoms with Gasteiger partial charge < -0.3 is 19.9 Å². The molecule has 0 bridgehead atoms. The molecule has 252 valence electrons. The SMILES string of the molecule is Cc1ccc(NC(=O)Cc2cc(C(C)(C)C)sc2C(=O)N2CCN(C(C)C)C(=O)C2(C)C)cc1-c1ccc(CN2CCOCC2)nc1. The Hall–Kier alpha value is -3.60. The third-order valence-corrected chi connectivity index (χ3v) is 10.7. The lowest BCUT2D eigenvalue weighted by atomic mass is 9.93. The smallest absolute Gasteiger partial charge is 0.265 e. The Morgan fingerprint density at radius 2 is 1.77 bits per heavy atom. The minimum atomic E-state index is -0.987. The molecule has 2 fully saturated rings. The third-order valence-electron chi connectivity index (χ3n) is 9.13. The number of thiophene rings is 1. The van der Waals surface area contributed by atoms with Crippen LogP contribution >= 0.6 is 11.3 Å². The molecule has 10 heteroatoms. The van der Waals surface area contributed by atoms with Crippen molar-refractivity contribution in [3.63, 3.8) is 0 Å². The number of morpholine rings is 1. The number of nitrogens with one attached hydrogen (secondary N) is 1. The quantitative estimate of drug-likeness (QED) is 0.324. The first-order valence-corrected chi connectivity index (χ1v) is 17.4. The molecule has 3 amide bonds. The van der Waals surface area contributed by atoms with E-state index in [1.165, 1.54) is 11.3 Å². The molecule has 2 aliphatic heterocycles. The Kier molecular flexibility index (Phi) is 10.2. The lowest BCUT2D eigenvalue weighted by molar-refractivity contribution is -0.148. The molecule has 2 aromatic heterocycles. The summed E-state index contributed by atoms with van der Waals surface area (Å²) in [6.07, 6.45) is 1.95. The van der Waals surface area contributed by atoms with E-state index in [0.717, 1.165) is 60.1 Å². The Morgan fingerprint density at radius 3 is 2.40 bits per heavy atom. The number of carbonyl (C=O) groups is 3. The number of pyridine rings is 1. The second-order valence-electron chi connectivity index (χ2n) is 14.5. The van der Waals surface area contributed by atoms with Crippen LogP contribution in [0.15, 0.2) is 42.6 Å². The van der Waals surface area contributed by atoms with Gasteiger partial charge in [-0.25, -0.2) is 0 Å². The largest absolute Gasteiger partial charge is 0.379 e. The van der Waals surface area contributed by atoms with E-state index >= 15 is 0 Å². The Bertz CT molecular complexity index is 1620. The molecular weight excluding hydrogens is 611 g/mol. The maximum Gasteiger partial charge on any atom is 0.265 e. The highest BCUT2D eigenvalue weighted by molar-refractivity contribution is 7.14. The van der Waals surface area contributed by atoms with Gasteiger partial charge in [-0.3, -0.25) is 24.3 Å². The molecule has 1 N–H and O–H groups in total. The molecule has 0 spiro atoms. The molecule has 4 heterocycles. The molecule has 0 atom stereocenters. The molecule has 2 aliphatic rings. The van der Waals surface area contributed by atoms with Gasteiger partial charge in [0.1, 0.15) is 5.54 Å².